The van der Waals surface area contributed by atoms with Crippen LogP contribution < -0.4 is 4.90 Å². The Labute approximate surface area is 128 Å². The number of aromatic nitrogens is 2. The number of anilines is 1. The maximum absolute atomic E-state index is 12.4. The predicted octanol–water partition coefficient (Wildman–Crippen LogP) is 1.60. The summed E-state index contributed by atoms with van der Waals surface area (Å²) >= 11 is 0. The lowest BCUT2D eigenvalue weighted by atomic mass is 10.1. The lowest BCUT2D eigenvalue weighted by Gasteiger charge is -2.39. The molecular formula is C16H18N4O2. The highest BCUT2D eigenvalue weighted by Gasteiger charge is 2.34. The summed E-state index contributed by atoms with van der Waals surface area (Å²) < 4.78 is 0. The number of hydrogen-bond donors (Lipinski definition) is 1. The molecule has 2 aromatic rings. The van der Waals surface area contributed by atoms with Gasteiger partial charge in [0.05, 0.1) is 0 Å². The zero-order valence-electron chi connectivity index (χ0n) is 12.6. The fraction of sp³-hybridized carbons (Fsp3) is 0.312. The van der Waals surface area contributed by atoms with E-state index in [-0.39, 0.29) is 24.4 Å². The number of amides is 2. The van der Waals surface area contributed by atoms with Gasteiger partial charge in [0.15, 0.2) is 0 Å². The summed E-state index contributed by atoms with van der Waals surface area (Å²) in [6, 6.07) is 9.39. The first-order chi connectivity index (χ1) is 10.6. The van der Waals surface area contributed by atoms with Crippen molar-refractivity contribution < 1.29 is 9.59 Å². The van der Waals surface area contributed by atoms with Crippen LogP contribution >= 0.6 is 0 Å². The molecule has 0 radical (unpaired) electrons. The summed E-state index contributed by atoms with van der Waals surface area (Å²) in [5.41, 5.74) is 2.43. The van der Waals surface area contributed by atoms with Gasteiger partial charge in [0.1, 0.15) is 12.2 Å². The zero-order chi connectivity index (χ0) is 15.7. The van der Waals surface area contributed by atoms with Crippen LogP contribution in [-0.2, 0) is 4.79 Å². The molecule has 2 heterocycles. The van der Waals surface area contributed by atoms with Crippen molar-refractivity contribution >= 4 is 17.5 Å². The van der Waals surface area contributed by atoms with Crippen molar-refractivity contribution in [3.63, 3.8) is 0 Å². The third-order valence-corrected chi connectivity index (χ3v) is 3.92. The number of benzene rings is 1. The van der Waals surface area contributed by atoms with E-state index >= 15 is 0 Å². The van der Waals surface area contributed by atoms with Gasteiger partial charge in [-0.1, -0.05) is 17.7 Å². The van der Waals surface area contributed by atoms with E-state index in [1.54, 1.807) is 15.9 Å². The molecule has 1 saturated heterocycles. The number of rotatable bonds is 2. The first-order valence-electron chi connectivity index (χ1n) is 7.23. The van der Waals surface area contributed by atoms with Crippen LogP contribution in [-0.4, -0.2) is 46.0 Å². The van der Waals surface area contributed by atoms with Crippen molar-refractivity contribution in [2.24, 2.45) is 0 Å². The monoisotopic (exact) mass is 298 g/mol. The Kier molecular flexibility index (Phi) is 3.66. The van der Waals surface area contributed by atoms with Crippen molar-refractivity contribution in [1.29, 1.82) is 0 Å². The molecule has 1 aliphatic rings. The van der Waals surface area contributed by atoms with Gasteiger partial charge in [0.2, 0.25) is 5.91 Å². The first-order valence-corrected chi connectivity index (χ1v) is 7.23. The topological polar surface area (TPSA) is 69.3 Å². The molecule has 1 fully saturated rings. The van der Waals surface area contributed by atoms with E-state index < -0.39 is 0 Å². The van der Waals surface area contributed by atoms with Crippen LogP contribution in [0.25, 0.3) is 0 Å². The van der Waals surface area contributed by atoms with Crippen LogP contribution in [0, 0.1) is 6.92 Å². The minimum atomic E-state index is -0.193. The number of nitrogens with one attached hydrogen (secondary N) is 1. The van der Waals surface area contributed by atoms with Gasteiger partial charge in [0, 0.05) is 24.5 Å². The summed E-state index contributed by atoms with van der Waals surface area (Å²) in [5.74, 6) is -0.267. The maximum atomic E-state index is 12.4. The zero-order valence-corrected chi connectivity index (χ0v) is 12.6. The summed E-state index contributed by atoms with van der Waals surface area (Å²) in [6.45, 7) is 4.52. The van der Waals surface area contributed by atoms with E-state index in [1.165, 1.54) is 6.20 Å². The molecule has 1 aliphatic heterocycles. The third-order valence-electron chi connectivity index (χ3n) is 3.92. The summed E-state index contributed by atoms with van der Waals surface area (Å²) in [7, 11) is 0. The second-order valence-corrected chi connectivity index (χ2v) is 5.59. The molecule has 0 unspecified atom stereocenters. The smallest absolute Gasteiger partial charge is 0.272 e. The molecule has 0 saturated carbocycles. The number of aromatic amines is 1. The van der Waals surface area contributed by atoms with Gasteiger partial charge in [-0.25, -0.2) is 0 Å². The van der Waals surface area contributed by atoms with Crippen LogP contribution in [0.1, 0.15) is 23.0 Å². The summed E-state index contributed by atoms with van der Waals surface area (Å²) in [6.07, 6.45) is 1.53. The molecular weight excluding hydrogens is 280 g/mol. The average molecular weight is 298 g/mol. The van der Waals surface area contributed by atoms with Crippen LogP contribution in [0.5, 0.6) is 0 Å². The minimum absolute atomic E-state index is 0.0604. The Morgan fingerprint density at radius 1 is 1.27 bits per heavy atom. The molecule has 6 nitrogen and oxygen atoms in total. The molecule has 1 aromatic heterocycles. The molecule has 0 aliphatic carbocycles. The number of carbonyl (C=O) groups excluding carboxylic acids is 2. The van der Waals surface area contributed by atoms with Crippen LogP contribution in [0.2, 0.25) is 0 Å². The highest BCUT2D eigenvalue weighted by Crippen LogP contribution is 2.21. The second-order valence-electron chi connectivity index (χ2n) is 5.59. The predicted molar refractivity (Wildman–Crippen MR) is 82.6 cm³/mol. The molecule has 114 valence electrons. The van der Waals surface area contributed by atoms with Crippen LogP contribution in [0.4, 0.5) is 5.69 Å². The van der Waals surface area contributed by atoms with E-state index in [1.807, 2.05) is 38.1 Å². The fourth-order valence-corrected chi connectivity index (χ4v) is 2.63. The van der Waals surface area contributed by atoms with E-state index in [4.69, 9.17) is 0 Å². The van der Waals surface area contributed by atoms with Crippen LogP contribution in [0.15, 0.2) is 36.5 Å². The average Bonchev–Trinajstić information content (AvgIpc) is 3.04. The standard InChI is InChI=1S/C16H18N4O2/c1-11-3-5-13(6-4-11)20-9-12(2)19(10-15(20)21)16(22)14-7-8-17-18-14/h3-8,12H,9-10H2,1-2H3,(H,17,18)/t12-/m1/s1. The Morgan fingerprint density at radius 3 is 2.64 bits per heavy atom. The van der Waals surface area contributed by atoms with E-state index in [2.05, 4.69) is 10.2 Å². The molecule has 1 aromatic carbocycles. The number of hydrogen-bond acceptors (Lipinski definition) is 3. The Balaban J connectivity index is 1.78. The van der Waals surface area contributed by atoms with Gasteiger partial charge in [-0.3, -0.25) is 14.7 Å². The summed E-state index contributed by atoms with van der Waals surface area (Å²) in [4.78, 5) is 28.1. The normalized spacial score (nSPS) is 18.6. The number of H-pyrrole nitrogens is 1. The van der Waals surface area contributed by atoms with E-state index in [0.29, 0.717) is 12.2 Å². The number of nitrogens with zero attached hydrogens (tertiary/aromatic N) is 3. The van der Waals surface area contributed by atoms with Crippen LogP contribution in [0.3, 0.4) is 0 Å². The molecule has 22 heavy (non-hydrogen) atoms. The Hall–Kier alpha value is -2.63. The maximum Gasteiger partial charge on any atom is 0.272 e. The molecule has 0 bridgehead atoms. The Morgan fingerprint density at radius 2 is 2.00 bits per heavy atom. The number of piperazine rings is 1. The largest absolute Gasteiger partial charge is 0.324 e. The molecule has 1 atom stereocenters. The molecule has 3 rings (SSSR count). The van der Waals surface area contributed by atoms with Crippen molar-refractivity contribution in [3.05, 3.63) is 47.8 Å². The Bertz CT molecular complexity index is 679. The van der Waals surface area contributed by atoms with Gasteiger partial charge < -0.3 is 9.80 Å². The third kappa shape index (κ3) is 2.59. The van der Waals surface area contributed by atoms with Gasteiger partial charge in [-0.15, -0.1) is 0 Å². The van der Waals surface area contributed by atoms with Gasteiger partial charge >= 0.3 is 0 Å². The van der Waals surface area contributed by atoms with Crippen molar-refractivity contribution in [3.8, 4) is 0 Å². The lowest BCUT2D eigenvalue weighted by Crippen LogP contribution is -2.57. The van der Waals surface area contributed by atoms with Gasteiger partial charge in [0.25, 0.3) is 5.91 Å². The van der Waals surface area contributed by atoms with E-state index in [0.717, 1.165) is 11.3 Å². The quantitative estimate of drug-likeness (QED) is 0.915. The number of carbonyl (C=O) groups is 2. The molecule has 6 heteroatoms. The van der Waals surface area contributed by atoms with Crippen molar-refractivity contribution in [2.45, 2.75) is 19.9 Å². The highest BCUT2D eigenvalue weighted by atomic mass is 16.2. The highest BCUT2D eigenvalue weighted by molar-refractivity contribution is 6.01. The van der Waals surface area contributed by atoms with E-state index in [9.17, 15) is 9.59 Å². The van der Waals surface area contributed by atoms with Crippen molar-refractivity contribution in [2.75, 3.05) is 18.0 Å². The first kappa shape index (κ1) is 14.3. The number of aryl methyl sites for hydroxylation is 1. The molecule has 1 N–H and O–H groups in total. The SMILES string of the molecule is Cc1ccc(N2C[C@@H](C)N(C(=O)c3ccn[nH]3)CC2=O)cc1. The van der Waals surface area contributed by atoms with Crippen molar-refractivity contribution in [1.82, 2.24) is 15.1 Å². The molecule has 0 spiro atoms. The summed E-state index contributed by atoms with van der Waals surface area (Å²) in [5, 5.41) is 6.44. The minimum Gasteiger partial charge on any atom is -0.324 e. The fourth-order valence-electron chi connectivity index (χ4n) is 2.63. The van der Waals surface area contributed by atoms with Gasteiger partial charge in [-0.2, -0.15) is 5.10 Å². The lowest BCUT2D eigenvalue weighted by molar-refractivity contribution is -0.121. The molecule has 2 amide bonds. The van der Waals surface area contributed by atoms with Gasteiger partial charge in [-0.05, 0) is 32.0 Å². The second kappa shape index (κ2) is 5.63.